The molecule has 0 aliphatic rings. The molecule has 0 unspecified atom stereocenters. The molecule has 106 valence electrons. The number of aromatic nitrogens is 3. The number of carbonyl (C=O) groups is 1. The molecule has 0 aliphatic carbocycles. The van der Waals surface area contributed by atoms with E-state index in [0.717, 1.165) is 5.56 Å². The second-order valence-corrected chi connectivity index (χ2v) is 4.45. The lowest BCUT2D eigenvalue weighted by atomic mass is 10.1. The summed E-state index contributed by atoms with van der Waals surface area (Å²) in [7, 11) is 1.54. The maximum Gasteiger partial charge on any atom is 0.341 e. The molecule has 0 bridgehead atoms. The number of methoxy groups -OCH3 is 1. The first-order valence-electron chi connectivity index (χ1n) is 5.81. The highest BCUT2D eigenvalue weighted by atomic mass is 35.5. The van der Waals surface area contributed by atoms with Gasteiger partial charge in [0.25, 0.3) is 5.91 Å². The van der Waals surface area contributed by atoms with Crippen LogP contribution in [-0.2, 0) is 4.74 Å². The van der Waals surface area contributed by atoms with Gasteiger partial charge in [0.05, 0.1) is 6.10 Å². The molecule has 3 N–H and O–H groups in total. The van der Waals surface area contributed by atoms with Crippen molar-refractivity contribution in [3.63, 3.8) is 0 Å². The summed E-state index contributed by atoms with van der Waals surface area (Å²) in [6.07, 6.45) is -0.318. The van der Waals surface area contributed by atoms with Crippen molar-refractivity contribution in [2.24, 2.45) is 0 Å². The minimum atomic E-state index is -0.531. The van der Waals surface area contributed by atoms with Crippen molar-refractivity contribution in [1.82, 2.24) is 20.5 Å². The Kier molecular flexibility index (Phi) is 4.54. The highest BCUT2D eigenvalue weighted by Gasteiger charge is 2.14. The van der Waals surface area contributed by atoms with Crippen LogP contribution in [0.3, 0.4) is 0 Å². The van der Waals surface area contributed by atoms with E-state index in [1.54, 1.807) is 19.2 Å². The van der Waals surface area contributed by atoms with Crippen LogP contribution in [0.25, 0.3) is 0 Å². The van der Waals surface area contributed by atoms with Gasteiger partial charge in [-0.05, 0) is 17.7 Å². The van der Waals surface area contributed by atoms with Gasteiger partial charge in [-0.15, -0.1) is 5.10 Å². The molecule has 1 aromatic carbocycles. The fourth-order valence-electron chi connectivity index (χ4n) is 1.66. The molecule has 0 saturated carbocycles. The van der Waals surface area contributed by atoms with Gasteiger partial charge in [-0.25, -0.2) is 9.89 Å². The molecule has 2 rings (SSSR count). The predicted octanol–water partition coefficient (Wildman–Crippen LogP) is 0.869. The summed E-state index contributed by atoms with van der Waals surface area (Å²) in [5.74, 6) is -0.555. The van der Waals surface area contributed by atoms with Gasteiger partial charge >= 0.3 is 5.69 Å². The van der Waals surface area contributed by atoms with Gasteiger partial charge < -0.3 is 10.1 Å². The lowest BCUT2D eigenvalue weighted by Crippen LogP contribution is -2.30. The van der Waals surface area contributed by atoms with Crippen molar-refractivity contribution in [2.75, 3.05) is 13.7 Å². The van der Waals surface area contributed by atoms with E-state index in [1.807, 2.05) is 12.1 Å². The van der Waals surface area contributed by atoms with Gasteiger partial charge in [0.1, 0.15) is 0 Å². The Labute approximate surface area is 119 Å². The third-order valence-electron chi connectivity index (χ3n) is 2.69. The zero-order valence-electron chi connectivity index (χ0n) is 10.6. The van der Waals surface area contributed by atoms with E-state index in [2.05, 4.69) is 20.5 Å². The van der Waals surface area contributed by atoms with Crippen LogP contribution in [0.2, 0.25) is 5.02 Å². The number of amides is 1. The van der Waals surface area contributed by atoms with Crippen molar-refractivity contribution >= 4 is 17.5 Å². The average molecular weight is 297 g/mol. The van der Waals surface area contributed by atoms with Gasteiger partial charge in [0.2, 0.25) is 5.82 Å². The van der Waals surface area contributed by atoms with Gasteiger partial charge in [0.15, 0.2) is 0 Å². The van der Waals surface area contributed by atoms with Crippen LogP contribution in [-0.4, -0.2) is 34.7 Å². The first-order chi connectivity index (χ1) is 9.60. The van der Waals surface area contributed by atoms with Crippen LogP contribution < -0.4 is 11.0 Å². The monoisotopic (exact) mass is 296 g/mol. The molecule has 0 saturated heterocycles. The smallest absolute Gasteiger partial charge is 0.341 e. The third kappa shape index (κ3) is 3.46. The van der Waals surface area contributed by atoms with Crippen molar-refractivity contribution in [3.8, 4) is 0 Å². The molecule has 1 amide bonds. The molecule has 0 radical (unpaired) electrons. The van der Waals surface area contributed by atoms with Gasteiger partial charge in [-0.1, -0.05) is 23.7 Å². The molecular formula is C12H13ClN4O3. The molecule has 7 nitrogen and oxygen atoms in total. The highest BCUT2D eigenvalue weighted by Crippen LogP contribution is 2.18. The number of hydrogen-bond acceptors (Lipinski definition) is 4. The molecule has 1 heterocycles. The minimum absolute atomic E-state index is 0.0686. The lowest BCUT2D eigenvalue weighted by Gasteiger charge is -2.16. The zero-order chi connectivity index (χ0) is 14.5. The number of ether oxygens (including phenoxy) is 1. The Morgan fingerprint density at radius 1 is 1.45 bits per heavy atom. The number of hydrogen-bond donors (Lipinski definition) is 3. The molecule has 0 spiro atoms. The first kappa shape index (κ1) is 14.3. The number of aromatic amines is 2. The number of halogens is 1. The number of rotatable bonds is 5. The molecule has 20 heavy (non-hydrogen) atoms. The SMILES string of the molecule is CO[C@H](CNC(=O)c1n[nH]c(=O)[nH]1)c1ccc(Cl)cc1. The minimum Gasteiger partial charge on any atom is -0.375 e. The van der Waals surface area contributed by atoms with Gasteiger partial charge in [0, 0.05) is 18.7 Å². The van der Waals surface area contributed by atoms with Crippen molar-refractivity contribution in [2.45, 2.75) is 6.10 Å². The molecular weight excluding hydrogens is 284 g/mol. The summed E-state index contributed by atoms with van der Waals surface area (Å²) in [5, 5.41) is 8.92. The Bertz CT molecular complexity index is 635. The van der Waals surface area contributed by atoms with E-state index in [1.165, 1.54) is 0 Å². The second-order valence-electron chi connectivity index (χ2n) is 4.01. The quantitative estimate of drug-likeness (QED) is 0.762. The van der Waals surface area contributed by atoms with E-state index in [4.69, 9.17) is 16.3 Å². The van der Waals surface area contributed by atoms with Crippen LogP contribution >= 0.6 is 11.6 Å². The summed E-state index contributed by atoms with van der Waals surface area (Å²) in [6.45, 7) is 0.242. The zero-order valence-corrected chi connectivity index (χ0v) is 11.4. The summed E-state index contributed by atoms with van der Waals surface area (Å²) in [4.78, 5) is 24.8. The second kappa shape index (κ2) is 6.36. The number of benzene rings is 1. The fraction of sp³-hybridized carbons (Fsp3) is 0.250. The fourth-order valence-corrected chi connectivity index (χ4v) is 1.79. The van der Waals surface area contributed by atoms with E-state index in [9.17, 15) is 9.59 Å². The van der Waals surface area contributed by atoms with Crippen molar-refractivity contribution in [3.05, 3.63) is 51.2 Å². The molecule has 0 fully saturated rings. The van der Waals surface area contributed by atoms with Gasteiger partial charge in [-0.3, -0.25) is 9.78 Å². The largest absolute Gasteiger partial charge is 0.375 e. The topological polar surface area (TPSA) is 99.9 Å². The van der Waals surface area contributed by atoms with Crippen molar-refractivity contribution < 1.29 is 9.53 Å². The van der Waals surface area contributed by atoms with E-state index < -0.39 is 11.6 Å². The third-order valence-corrected chi connectivity index (χ3v) is 2.94. The normalized spacial score (nSPS) is 12.1. The molecule has 1 aromatic heterocycles. The Morgan fingerprint density at radius 3 is 2.70 bits per heavy atom. The molecule has 2 aromatic rings. The Hall–Kier alpha value is -2.12. The van der Waals surface area contributed by atoms with Crippen LogP contribution in [0.15, 0.2) is 29.1 Å². The first-order valence-corrected chi connectivity index (χ1v) is 6.19. The Morgan fingerprint density at radius 2 is 2.15 bits per heavy atom. The molecule has 1 atom stereocenters. The van der Waals surface area contributed by atoms with Crippen LogP contribution in [0.1, 0.15) is 22.3 Å². The maximum atomic E-state index is 11.7. The summed E-state index contributed by atoms with van der Waals surface area (Å²) >= 11 is 5.81. The van der Waals surface area contributed by atoms with Gasteiger partial charge in [-0.2, -0.15) is 0 Å². The summed E-state index contributed by atoms with van der Waals surface area (Å²) < 4.78 is 5.31. The van der Waals surface area contributed by atoms with E-state index in [-0.39, 0.29) is 18.5 Å². The molecule has 8 heteroatoms. The summed E-state index contributed by atoms with van der Waals surface area (Å²) in [6, 6.07) is 7.13. The standard InChI is InChI=1S/C12H13ClN4O3/c1-20-9(7-2-4-8(13)5-3-7)6-14-11(18)10-15-12(19)17-16-10/h2-5,9H,6H2,1H3,(H,14,18)(H2,15,16,17,19)/t9-/m1/s1. The number of H-pyrrole nitrogens is 2. The lowest BCUT2D eigenvalue weighted by molar-refractivity contribution is 0.0820. The van der Waals surface area contributed by atoms with Crippen LogP contribution in [0.4, 0.5) is 0 Å². The Balaban J connectivity index is 1.99. The predicted molar refractivity (Wildman–Crippen MR) is 72.7 cm³/mol. The van der Waals surface area contributed by atoms with Crippen LogP contribution in [0.5, 0.6) is 0 Å². The maximum absolute atomic E-state index is 11.7. The van der Waals surface area contributed by atoms with E-state index >= 15 is 0 Å². The van der Waals surface area contributed by atoms with Crippen LogP contribution in [0, 0.1) is 0 Å². The average Bonchev–Trinajstić information content (AvgIpc) is 2.88. The van der Waals surface area contributed by atoms with E-state index in [0.29, 0.717) is 5.02 Å². The number of nitrogens with zero attached hydrogens (tertiary/aromatic N) is 1. The number of nitrogens with one attached hydrogen (secondary N) is 3. The number of carbonyl (C=O) groups excluding carboxylic acids is 1. The van der Waals surface area contributed by atoms with Crippen molar-refractivity contribution in [1.29, 1.82) is 0 Å². The molecule has 0 aliphatic heterocycles. The highest BCUT2D eigenvalue weighted by molar-refractivity contribution is 6.30. The summed E-state index contributed by atoms with van der Waals surface area (Å²) in [5.41, 5.74) is 0.351.